The van der Waals surface area contributed by atoms with E-state index in [0.717, 1.165) is 13.3 Å². The molecule has 88 valence electrons. The Kier molecular flexibility index (Phi) is 3.21. The number of carbonyl (C=O) groups is 1. The van der Waals surface area contributed by atoms with Gasteiger partial charge in [0, 0.05) is 0 Å². The molecule has 1 aromatic rings. The quantitative estimate of drug-likeness (QED) is 0.799. The monoisotopic (exact) mass is 237 g/mol. The molecule has 0 aliphatic heterocycles. The molecule has 5 nitrogen and oxygen atoms in total. The van der Waals surface area contributed by atoms with Gasteiger partial charge in [0.25, 0.3) is 5.56 Å². The summed E-state index contributed by atoms with van der Waals surface area (Å²) in [6.07, 6.45) is -4.18. The predicted molar refractivity (Wildman–Crippen MR) is 45.7 cm³/mol. The molecule has 0 aliphatic rings. The molecule has 0 unspecified atom stereocenters. The van der Waals surface area contributed by atoms with E-state index in [9.17, 15) is 22.8 Å². The molecule has 1 rings (SSSR count). The number of aromatic amines is 1. The van der Waals surface area contributed by atoms with Crippen molar-refractivity contribution >= 4 is 6.29 Å². The van der Waals surface area contributed by atoms with E-state index >= 15 is 0 Å². The number of methoxy groups -OCH3 is 1. The van der Waals surface area contributed by atoms with Crippen LogP contribution in [0.5, 0.6) is 11.5 Å². The molecule has 0 saturated heterocycles. The molecule has 0 atom stereocenters. The normalized spacial score (nSPS) is 11.0. The Labute approximate surface area is 86.8 Å². The van der Waals surface area contributed by atoms with E-state index < -0.39 is 23.2 Å². The highest BCUT2D eigenvalue weighted by Gasteiger charge is 2.34. The summed E-state index contributed by atoms with van der Waals surface area (Å²) >= 11 is 0. The number of ether oxygens (including phenoxy) is 2. The SMILES string of the molecule is COc1c[nH]c(=O)c(C=O)c1OC(F)(F)F. The average molecular weight is 237 g/mol. The van der Waals surface area contributed by atoms with E-state index in [2.05, 4.69) is 9.47 Å². The molecular weight excluding hydrogens is 231 g/mol. The molecule has 0 amide bonds. The molecule has 0 saturated carbocycles. The highest BCUT2D eigenvalue weighted by molar-refractivity contribution is 5.80. The van der Waals surface area contributed by atoms with Crippen molar-refractivity contribution in [1.82, 2.24) is 4.98 Å². The number of halogens is 3. The fraction of sp³-hybridized carbons (Fsp3) is 0.250. The predicted octanol–water partition coefficient (Wildman–Crippen LogP) is 1.09. The van der Waals surface area contributed by atoms with Gasteiger partial charge in [0.15, 0.2) is 17.8 Å². The minimum atomic E-state index is -5.02. The topological polar surface area (TPSA) is 68.4 Å². The third-order valence-corrected chi connectivity index (χ3v) is 1.60. The first-order valence-electron chi connectivity index (χ1n) is 3.89. The van der Waals surface area contributed by atoms with Crippen LogP contribution < -0.4 is 15.0 Å². The van der Waals surface area contributed by atoms with Crippen molar-refractivity contribution in [3.8, 4) is 11.5 Å². The van der Waals surface area contributed by atoms with Gasteiger partial charge >= 0.3 is 6.36 Å². The average Bonchev–Trinajstić information content (AvgIpc) is 2.16. The summed E-state index contributed by atoms with van der Waals surface area (Å²) in [6, 6.07) is 0. The number of alkyl halides is 3. The second-order valence-corrected chi connectivity index (χ2v) is 2.59. The lowest BCUT2D eigenvalue weighted by Gasteiger charge is -2.13. The molecule has 0 aliphatic carbocycles. The Morgan fingerprint density at radius 2 is 2.06 bits per heavy atom. The van der Waals surface area contributed by atoms with Crippen LogP contribution in [0.25, 0.3) is 0 Å². The number of hydrogen-bond acceptors (Lipinski definition) is 4. The number of H-pyrrole nitrogens is 1. The smallest absolute Gasteiger partial charge is 0.491 e. The summed E-state index contributed by atoms with van der Waals surface area (Å²) in [4.78, 5) is 23.6. The van der Waals surface area contributed by atoms with E-state index in [4.69, 9.17) is 0 Å². The lowest BCUT2D eigenvalue weighted by atomic mass is 10.2. The van der Waals surface area contributed by atoms with E-state index in [1.165, 1.54) is 0 Å². The van der Waals surface area contributed by atoms with Gasteiger partial charge in [-0.2, -0.15) is 0 Å². The van der Waals surface area contributed by atoms with Gasteiger partial charge in [-0.05, 0) is 0 Å². The first kappa shape index (κ1) is 12.1. The van der Waals surface area contributed by atoms with Crippen LogP contribution in [0, 0.1) is 0 Å². The van der Waals surface area contributed by atoms with E-state index in [0.29, 0.717) is 0 Å². The van der Waals surface area contributed by atoms with Crippen molar-refractivity contribution in [2.75, 3.05) is 7.11 Å². The van der Waals surface area contributed by atoms with Crippen molar-refractivity contribution in [2.24, 2.45) is 0 Å². The number of carbonyl (C=O) groups excluding carboxylic acids is 1. The van der Waals surface area contributed by atoms with Crippen LogP contribution in [0.15, 0.2) is 11.0 Å². The first-order chi connectivity index (χ1) is 7.39. The Balaban J connectivity index is 3.37. The Morgan fingerprint density at radius 1 is 1.44 bits per heavy atom. The summed E-state index contributed by atoms with van der Waals surface area (Å²) in [7, 11) is 1.07. The Morgan fingerprint density at radius 3 is 2.50 bits per heavy atom. The molecule has 0 fully saturated rings. The first-order valence-corrected chi connectivity index (χ1v) is 3.89. The van der Waals surface area contributed by atoms with Gasteiger partial charge in [-0.25, -0.2) is 0 Å². The minimum Gasteiger partial charge on any atom is -0.491 e. The summed E-state index contributed by atoms with van der Waals surface area (Å²) < 4.78 is 44.1. The second kappa shape index (κ2) is 4.25. The van der Waals surface area contributed by atoms with Gasteiger partial charge in [0.1, 0.15) is 5.56 Å². The van der Waals surface area contributed by atoms with Crippen LogP contribution in [0.2, 0.25) is 0 Å². The molecule has 1 heterocycles. The second-order valence-electron chi connectivity index (χ2n) is 2.59. The number of rotatable bonds is 3. The number of nitrogens with one attached hydrogen (secondary N) is 1. The van der Waals surface area contributed by atoms with Crippen LogP contribution in [0.1, 0.15) is 10.4 Å². The van der Waals surface area contributed by atoms with Gasteiger partial charge in [0.2, 0.25) is 0 Å². The van der Waals surface area contributed by atoms with Gasteiger partial charge in [-0.1, -0.05) is 0 Å². The Hall–Kier alpha value is -1.99. The maximum atomic E-state index is 12.0. The molecule has 0 bridgehead atoms. The summed E-state index contributed by atoms with van der Waals surface area (Å²) in [5.74, 6) is -1.34. The highest BCUT2D eigenvalue weighted by Crippen LogP contribution is 2.32. The van der Waals surface area contributed by atoms with E-state index in [1.807, 2.05) is 4.98 Å². The third kappa shape index (κ3) is 2.53. The zero-order valence-electron chi connectivity index (χ0n) is 7.92. The van der Waals surface area contributed by atoms with E-state index in [1.54, 1.807) is 0 Å². The number of hydrogen-bond donors (Lipinski definition) is 1. The van der Waals surface area contributed by atoms with Crippen LogP contribution >= 0.6 is 0 Å². The van der Waals surface area contributed by atoms with Crippen LogP contribution in [-0.2, 0) is 0 Å². The largest absolute Gasteiger partial charge is 0.573 e. The van der Waals surface area contributed by atoms with Crippen molar-refractivity contribution in [1.29, 1.82) is 0 Å². The molecular formula is C8H6F3NO4. The highest BCUT2D eigenvalue weighted by atomic mass is 19.4. The lowest BCUT2D eigenvalue weighted by Crippen LogP contribution is -2.22. The molecule has 0 aromatic carbocycles. The third-order valence-electron chi connectivity index (χ3n) is 1.60. The standard InChI is InChI=1S/C8H6F3NO4/c1-15-5-2-12-7(14)4(3-13)6(5)16-8(9,10)11/h2-3H,1H3,(H,12,14). The fourth-order valence-corrected chi connectivity index (χ4v) is 0.990. The molecule has 0 radical (unpaired) electrons. The summed E-state index contributed by atoms with van der Waals surface area (Å²) in [5.41, 5.74) is -1.77. The molecule has 1 aromatic heterocycles. The van der Waals surface area contributed by atoms with Crippen molar-refractivity contribution < 1.29 is 27.4 Å². The molecule has 1 N–H and O–H groups in total. The maximum Gasteiger partial charge on any atom is 0.573 e. The van der Waals surface area contributed by atoms with Crippen LogP contribution in [0.3, 0.4) is 0 Å². The summed E-state index contributed by atoms with van der Waals surface area (Å²) in [6.45, 7) is 0. The van der Waals surface area contributed by atoms with Gasteiger partial charge in [-0.15, -0.1) is 13.2 Å². The van der Waals surface area contributed by atoms with Gasteiger partial charge in [0.05, 0.1) is 13.3 Å². The number of aromatic nitrogens is 1. The number of pyridine rings is 1. The van der Waals surface area contributed by atoms with Crippen LogP contribution in [0.4, 0.5) is 13.2 Å². The Bertz CT molecular complexity index is 452. The minimum absolute atomic E-state index is 0.0393. The maximum absolute atomic E-state index is 12.0. The van der Waals surface area contributed by atoms with Crippen molar-refractivity contribution in [2.45, 2.75) is 6.36 Å². The summed E-state index contributed by atoms with van der Waals surface area (Å²) in [5, 5.41) is 0. The van der Waals surface area contributed by atoms with Gasteiger partial charge < -0.3 is 14.5 Å². The van der Waals surface area contributed by atoms with Crippen LogP contribution in [-0.4, -0.2) is 24.7 Å². The molecule has 16 heavy (non-hydrogen) atoms. The van der Waals surface area contributed by atoms with Gasteiger partial charge in [-0.3, -0.25) is 9.59 Å². The lowest BCUT2D eigenvalue weighted by molar-refractivity contribution is -0.275. The molecule has 0 spiro atoms. The molecule has 8 heteroatoms. The zero-order valence-corrected chi connectivity index (χ0v) is 7.92. The van der Waals surface area contributed by atoms with Crippen molar-refractivity contribution in [3.63, 3.8) is 0 Å². The van der Waals surface area contributed by atoms with Crippen molar-refractivity contribution in [3.05, 3.63) is 22.1 Å². The number of aldehydes is 1. The van der Waals surface area contributed by atoms with E-state index in [-0.39, 0.29) is 12.0 Å². The fourth-order valence-electron chi connectivity index (χ4n) is 0.990. The zero-order chi connectivity index (χ0) is 12.3.